The fourth-order valence-corrected chi connectivity index (χ4v) is 5.45. The van der Waals surface area contributed by atoms with Gasteiger partial charge in [-0.2, -0.15) is 4.79 Å². The highest BCUT2D eigenvalue weighted by Crippen LogP contribution is 2.31. The number of quaternary nitrogens is 1. The zero-order valence-electron chi connectivity index (χ0n) is 21.9. The van der Waals surface area contributed by atoms with Gasteiger partial charge in [0.15, 0.2) is 0 Å². The molecule has 8 nitrogen and oxygen atoms in total. The van der Waals surface area contributed by atoms with E-state index in [4.69, 9.17) is 16.3 Å². The van der Waals surface area contributed by atoms with Crippen molar-refractivity contribution < 1.29 is 19.1 Å². The van der Waals surface area contributed by atoms with E-state index in [1.807, 2.05) is 45.3 Å². The summed E-state index contributed by atoms with van der Waals surface area (Å²) in [6.07, 6.45) is 5.91. The Bertz CT molecular complexity index is 1040. The Morgan fingerprint density at radius 2 is 1.75 bits per heavy atom. The molecule has 0 aliphatic carbocycles. The van der Waals surface area contributed by atoms with Crippen molar-refractivity contribution >= 4 is 23.6 Å². The van der Waals surface area contributed by atoms with Crippen LogP contribution in [0.5, 0.6) is 5.75 Å². The first-order valence-corrected chi connectivity index (χ1v) is 13.3. The number of benzene rings is 1. The van der Waals surface area contributed by atoms with Gasteiger partial charge in [0.05, 0.1) is 5.02 Å². The summed E-state index contributed by atoms with van der Waals surface area (Å²) in [5.41, 5.74) is 1.93. The topological polar surface area (TPSA) is 78.8 Å². The van der Waals surface area contributed by atoms with E-state index in [0.29, 0.717) is 18.1 Å². The molecule has 0 atom stereocenters. The molecule has 4 rings (SSSR count). The monoisotopic (exact) mass is 516 g/mol. The van der Waals surface area contributed by atoms with Crippen molar-refractivity contribution in [3.63, 3.8) is 0 Å². The Hall–Kier alpha value is -2.42. The molecule has 36 heavy (non-hydrogen) atoms. The molecule has 9 heteroatoms. The third-order valence-corrected chi connectivity index (χ3v) is 8.06. The first kappa shape index (κ1) is 26.6. The van der Waals surface area contributed by atoms with E-state index >= 15 is 0 Å². The quantitative estimate of drug-likeness (QED) is 0.550. The van der Waals surface area contributed by atoms with Crippen LogP contribution in [0.25, 0.3) is 0 Å². The van der Waals surface area contributed by atoms with E-state index in [9.17, 15) is 9.90 Å². The number of carbonyl (C=O) groups is 1. The van der Waals surface area contributed by atoms with Crippen LogP contribution in [0.1, 0.15) is 51.7 Å². The van der Waals surface area contributed by atoms with Crippen molar-refractivity contribution in [3.8, 4) is 5.75 Å². The van der Waals surface area contributed by atoms with Crippen LogP contribution >= 0.6 is 11.6 Å². The van der Waals surface area contributed by atoms with Crippen molar-refractivity contribution in [1.82, 2.24) is 14.9 Å². The summed E-state index contributed by atoms with van der Waals surface area (Å²) in [5.74, 6) is 1.50. The minimum atomic E-state index is -0.737. The SMILES string of the molecule is CCc1cnc(N2CCC(Oc3ccc(CN4CC[N+](C(=O)O)(C(C)(C)C)CC4)cc3Cl)CC2)nc1. The number of aryl methyl sites for hydroxylation is 1. The summed E-state index contributed by atoms with van der Waals surface area (Å²) in [6.45, 7) is 13.3. The van der Waals surface area contributed by atoms with Gasteiger partial charge in [-0.25, -0.2) is 14.5 Å². The maximum atomic E-state index is 12.1. The van der Waals surface area contributed by atoms with Gasteiger partial charge in [0, 0.05) is 58.0 Å². The molecular weight excluding hydrogens is 478 g/mol. The summed E-state index contributed by atoms with van der Waals surface area (Å²) in [5, 5.41) is 10.5. The predicted octanol–water partition coefficient (Wildman–Crippen LogP) is 4.85. The van der Waals surface area contributed by atoms with Crippen LogP contribution in [0.4, 0.5) is 10.7 Å². The van der Waals surface area contributed by atoms with Crippen molar-refractivity contribution in [2.24, 2.45) is 0 Å². The number of amides is 1. The molecule has 0 radical (unpaired) electrons. The zero-order chi connectivity index (χ0) is 25.9. The second-order valence-corrected chi connectivity index (χ2v) is 11.4. The van der Waals surface area contributed by atoms with E-state index in [0.717, 1.165) is 74.8 Å². The Morgan fingerprint density at radius 3 is 2.28 bits per heavy atom. The second-order valence-electron chi connectivity index (χ2n) is 11.0. The smallest absolute Gasteiger partial charge is 0.489 e. The molecule has 0 unspecified atom stereocenters. The molecule has 1 amide bonds. The molecule has 0 spiro atoms. The normalized spacial score (nSPS) is 19.3. The molecule has 1 aromatic carbocycles. The van der Waals surface area contributed by atoms with Crippen molar-refractivity contribution in [2.75, 3.05) is 44.2 Å². The lowest BCUT2D eigenvalue weighted by Crippen LogP contribution is -2.69. The summed E-state index contributed by atoms with van der Waals surface area (Å²) in [4.78, 5) is 25.6. The van der Waals surface area contributed by atoms with Crippen LogP contribution in [-0.4, -0.2) is 81.5 Å². The Labute approximate surface area is 219 Å². The lowest BCUT2D eigenvalue weighted by Gasteiger charge is -2.48. The lowest BCUT2D eigenvalue weighted by atomic mass is 10.00. The maximum Gasteiger partial charge on any atom is 0.514 e. The number of hydrogen-bond donors (Lipinski definition) is 1. The number of nitrogens with zero attached hydrogens (tertiary/aromatic N) is 5. The van der Waals surface area contributed by atoms with Gasteiger partial charge >= 0.3 is 6.09 Å². The third kappa shape index (κ3) is 5.76. The summed E-state index contributed by atoms with van der Waals surface area (Å²) < 4.78 is 6.37. The molecule has 2 aliphatic rings. The highest BCUT2D eigenvalue weighted by molar-refractivity contribution is 6.32. The Balaban J connectivity index is 1.29. The highest BCUT2D eigenvalue weighted by atomic mass is 35.5. The summed E-state index contributed by atoms with van der Waals surface area (Å²) in [7, 11) is 0. The van der Waals surface area contributed by atoms with Gasteiger partial charge in [-0.05, 0) is 50.5 Å². The van der Waals surface area contributed by atoms with Gasteiger partial charge in [-0.15, -0.1) is 0 Å². The minimum absolute atomic E-state index is 0.103. The van der Waals surface area contributed by atoms with Crippen LogP contribution in [0.3, 0.4) is 0 Å². The average Bonchev–Trinajstić information content (AvgIpc) is 2.86. The third-order valence-electron chi connectivity index (χ3n) is 7.77. The fraction of sp³-hybridized carbons (Fsp3) is 0.593. The van der Waals surface area contributed by atoms with E-state index in [1.165, 1.54) is 0 Å². The summed E-state index contributed by atoms with van der Waals surface area (Å²) >= 11 is 6.61. The minimum Gasteiger partial charge on any atom is -0.489 e. The van der Waals surface area contributed by atoms with Crippen LogP contribution in [0, 0.1) is 0 Å². The molecule has 2 saturated heterocycles. The fourth-order valence-electron chi connectivity index (χ4n) is 5.20. The van der Waals surface area contributed by atoms with Gasteiger partial charge in [-0.3, -0.25) is 4.90 Å². The van der Waals surface area contributed by atoms with Crippen LogP contribution < -0.4 is 9.64 Å². The zero-order valence-corrected chi connectivity index (χ0v) is 22.7. The lowest BCUT2D eigenvalue weighted by molar-refractivity contribution is -0.907. The van der Waals surface area contributed by atoms with Crippen LogP contribution in [0.15, 0.2) is 30.6 Å². The molecule has 2 aliphatic heterocycles. The van der Waals surface area contributed by atoms with Crippen molar-refractivity contribution in [1.29, 1.82) is 0 Å². The maximum absolute atomic E-state index is 12.1. The number of carboxylic acid groups (broad SMARTS) is 1. The van der Waals surface area contributed by atoms with Gasteiger partial charge in [0.25, 0.3) is 0 Å². The number of aromatic nitrogens is 2. The molecule has 196 valence electrons. The van der Waals surface area contributed by atoms with Crippen LogP contribution in [0.2, 0.25) is 5.02 Å². The molecule has 0 bridgehead atoms. The molecule has 3 heterocycles. The molecule has 0 saturated carbocycles. The number of anilines is 1. The Morgan fingerprint density at radius 1 is 1.11 bits per heavy atom. The molecule has 1 N–H and O–H groups in total. The molecule has 2 fully saturated rings. The number of halogens is 1. The molecule has 1 aromatic heterocycles. The van der Waals surface area contributed by atoms with Crippen molar-refractivity contribution in [2.45, 2.75) is 65.1 Å². The number of piperazine rings is 1. The van der Waals surface area contributed by atoms with Gasteiger partial charge < -0.3 is 14.7 Å². The number of piperidine rings is 1. The van der Waals surface area contributed by atoms with E-state index in [2.05, 4.69) is 32.8 Å². The largest absolute Gasteiger partial charge is 0.514 e. The first-order valence-electron chi connectivity index (χ1n) is 13.0. The van der Waals surface area contributed by atoms with E-state index in [1.54, 1.807) is 0 Å². The summed E-state index contributed by atoms with van der Waals surface area (Å²) in [6, 6.07) is 6.01. The van der Waals surface area contributed by atoms with E-state index in [-0.39, 0.29) is 16.1 Å². The molecular formula is C27H39ClN5O3+. The Kier molecular flexibility index (Phi) is 8.07. The van der Waals surface area contributed by atoms with Crippen LogP contribution in [-0.2, 0) is 13.0 Å². The van der Waals surface area contributed by atoms with Gasteiger partial charge in [0.1, 0.15) is 30.5 Å². The number of ether oxygens (including phenoxy) is 1. The standard InChI is InChI=1S/C27H38ClN5O3/c1-5-20-17-29-25(30-18-20)32-10-8-22(9-11-32)36-24-7-6-21(16-23(24)28)19-31-12-14-33(15-13-31,26(34)35)27(2,3)4/h6-7,16-18,22H,5,8-15,19H2,1-4H3/p+1. The van der Waals surface area contributed by atoms with Gasteiger partial charge in [-0.1, -0.05) is 24.6 Å². The van der Waals surface area contributed by atoms with Gasteiger partial charge in [0.2, 0.25) is 5.95 Å². The predicted molar refractivity (Wildman–Crippen MR) is 142 cm³/mol. The highest BCUT2D eigenvalue weighted by Gasteiger charge is 2.49. The average molecular weight is 517 g/mol. The number of hydrogen-bond acceptors (Lipinski definition) is 6. The van der Waals surface area contributed by atoms with Crippen molar-refractivity contribution in [3.05, 3.63) is 46.7 Å². The van der Waals surface area contributed by atoms with E-state index < -0.39 is 6.09 Å². The second kappa shape index (κ2) is 10.9. The molecule has 2 aromatic rings. The first-order chi connectivity index (χ1) is 17.1. The number of rotatable bonds is 6.